The van der Waals surface area contributed by atoms with Crippen LogP contribution in [0.1, 0.15) is 60.4 Å². The average molecular weight is 625 g/mol. The molecule has 2 unspecified atom stereocenters. The molecule has 0 bridgehead atoms. The maximum Gasteiger partial charge on any atom is 0.417 e. The highest BCUT2D eigenvalue weighted by atomic mass is 35.5. The highest BCUT2D eigenvalue weighted by Gasteiger charge is 2.48. The van der Waals surface area contributed by atoms with Crippen molar-refractivity contribution in [2.45, 2.75) is 58.8 Å². The van der Waals surface area contributed by atoms with E-state index in [4.69, 9.17) is 16.7 Å². The van der Waals surface area contributed by atoms with Crippen LogP contribution in [0, 0.1) is 18.8 Å². The lowest BCUT2D eigenvalue weighted by atomic mass is 9.84. The minimum Gasteiger partial charge on any atom is -0.348 e. The first-order valence-corrected chi connectivity index (χ1v) is 14.9. The predicted octanol–water partition coefficient (Wildman–Crippen LogP) is 7.22. The van der Waals surface area contributed by atoms with Crippen LogP contribution in [0.2, 0.25) is 5.02 Å². The first-order chi connectivity index (χ1) is 20.8. The van der Waals surface area contributed by atoms with E-state index in [0.29, 0.717) is 30.3 Å². The standard InChI is InChI=1S/C32H32ClF3N6O2/c1-17(2)11-22-14-39-42-27-15-40(30(43)21-7-10-26(33)25(13-21)32(34,35)36)18(3)12-24(27)31(44)41(29(22)42)23-8-5-20(6-9-23)28-19(4)37-16-38-28/h5-10,13-14,16-18,24,27H,11-12,15H2,1-4H3,(H,37,38)/t18-,24?,27?/m1/s1. The number of rotatable bonds is 5. The van der Waals surface area contributed by atoms with Gasteiger partial charge in [0.05, 0.1) is 46.5 Å². The number of amides is 2. The number of nitrogens with one attached hydrogen (secondary N) is 1. The van der Waals surface area contributed by atoms with Crippen LogP contribution in [0.3, 0.4) is 0 Å². The zero-order chi connectivity index (χ0) is 31.5. The Morgan fingerprint density at radius 3 is 2.52 bits per heavy atom. The molecule has 6 rings (SSSR count). The molecule has 2 aliphatic heterocycles. The van der Waals surface area contributed by atoms with E-state index in [1.165, 1.54) is 6.07 Å². The van der Waals surface area contributed by atoms with Gasteiger partial charge in [-0.3, -0.25) is 14.5 Å². The molecule has 4 aromatic rings. The van der Waals surface area contributed by atoms with Gasteiger partial charge in [-0.2, -0.15) is 18.3 Å². The molecule has 0 saturated carbocycles. The molecule has 44 heavy (non-hydrogen) atoms. The molecule has 230 valence electrons. The molecule has 2 aromatic carbocycles. The monoisotopic (exact) mass is 624 g/mol. The number of piperidine rings is 1. The number of benzene rings is 2. The summed E-state index contributed by atoms with van der Waals surface area (Å²) in [5.41, 5.74) is 3.13. The molecule has 3 atom stereocenters. The van der Waals surface area contributed by atoms with Crippen LogP contribution in [0.25, 0.3) is 11.3 Å². The van der Waals surface area contributed by atoms with Gasteiger partial charge >= 0.3 is 6.18 Å². The molecule has 1 fully saturated rings. The number of carbonyl (C=O) groups excluding carboxylic acids is 2. The first-order valence-electron chi connectivity index (χ1n) is 14.5. The van der Waals surface area contributed by atoms with Gasteiger partial charge in [0.2, 0.25) is 5.91 Å². The molecule has 2 amide bonds. The first kappa shape index (κ1) is 29.9. The number of halogens is 4. The van der Waals surface area contributed by atoms with Gasteiger partial charge in [-0.1, -0.05) is 37.6 Å². The second-order valence-corrected chi connectivity index (χ2v) is 12.4. The Balaban J connectivity index is 1.37. The van der Waals surface area contributed by atoms with Crippen molar-refractivity contribution in [3.63, 3.8) is 0 Å². The van der Waals surface area contributed by atoms with Crippen molar-refractivity contribution in [2.24, 2.45) is 11.8 Å². The Morgan fingerprint density at radius 1 is 1.16 bits per heavy atom. The number of alkyl halides is 3. The summed E-state index contributed by atoms with van der Waals surface area (Å²) < 4.78 is 42.5. The van der Waals surface area contributed by atoms with E-state index in [1.807, 2.05) is 42.8 Å². The maximum atomic E-state index is 14.3. The largest absolute Gasteiger partial charge is 0.417 e. The molecule has 0 aliphatic carbocycles. The number of anilines is 2. The summed E-state index contributed by atoms with van der Waals surface area (Å²) in [6.07, 6.45) is -0.264. The number of nitrogens with zero attached hydrogens (tertiary/aromatic N) is 5. The van der Waals surface area contributed by atoms with E-state index in [-0.39, 0.29) is 18.0 Å². The summed E-state index contributed by atoms with van der Waals surface area (Å²) in [5.74, 6) is -0.186. The van der Waals surface area contributed by atoms with Crippen LogP contribution >= 0.6 is 11.6 Å². The minimum atomic E-state index is -4.70. The Labute approximate surface area is 257 Å². The summed E-state index contributed by atoms with van der Waals surface area (Å²) in [4.78, 5) is 38.7. The molecular formula is C32H32ClF3N6O2. The highest BCUT2D eigenvalue weighted by Crippen LogP contribution is 2.45. The van der Waals surface area contributed by atoms with Crippen molar-refractivity contribution in [1.82, 2.24) is 24.6 Å². The molecule has 0 radical (unpaired) electrons. The second-order valence-electron chi connectivity index (χ2n) is 12.0. The smallest absolute Gasteiger partial charge is 0.348 e. The van der Waals surface area contributed by atoms with Crippen LogP contribution in [-0.4, -0.2) is 49.0 Å². The summed E-state index contributed by atoms with van der Waals surface area (Å²) >= 11 is 5.80. The van der Waals surface area contributed by atoms with E-state index < -0.39 is 40.7 Å². The third-order valence-corrected chi connectivity index (χ3v) is 8.85. The Morgan fingerprint density at radius 2 is 1.89 bits per heavy atom. The van der Waals surface area contributed by atoms with Gasteiger partial charge in [0.1, 0.15) is 5.82 Å². The molecule has 2 aliphatic rings. The quantitative estimate of drug-likeness (QED) is 0.254. The third-order valence-electron chi connectivity index (χ3n) is 8.52. The molecule has 1 N–H and O–H groups in total. The molecule has 8 nitrogen and oxygen atoms in total. The molecule has 0 spiro atoms. The number of aromatic amines is 1. The Bertz CT molecular complexity index is 1730. The fourth-order valence-electron chi connectivity index (χ4n) is 6.40. The number of aryl methyl sites for hydroxylation is 1. The van der Waals surface area contributed by atoms with Gasteiger partial charge in [0.25, 0.3) is 5.91 Å². The zero-order valence-electron chi connectivity index (χ0n) is 24.7. The van der Waals surface area contributed by atoms with Crippen molar-refractivity contribution in [2.75, 3.05) is 11.4 Å². The third kappa shape index (κ3) is 5.16. The summed E-state index contributed by atoms with van der Waals surface area (Å²) in [6, 6.07) is 9.99. The van der Waals surface area contributed by atoms with Crippen LogP contribution in [0.15, 0.2) is 55.0 Å². The van der Waals surface area contributed by atoms with Gasteiger partial charge in [-0.05, 0) is 62.9 Å². The van der Waals surface area contributed by atoms with Crippen molar-refractivity contribution in [1.29, 1.82) is 0 Å². The number of hydrogen-bond acceptors (Lipinski definition) is 4. The van der Waals surface area contributed by atoms with Gasteiger partial charge < -0.3 is 9.88 Å². The number of fused-ring (bicyclic) bond motifs is 3. The van der Waals surface area contributed by atoms with E-state index in [2.05, 4.69) is 23.8 Å². The normalized spacial score (nSPS) is 20.2. The van der Waals surface area contributed by atoms with E-state index in [1.54, 1.807) is 22.3 Å². The molecule has 4 heterocycles. The maximum absolute atomic E-state index is 14.3. The number of carbonyl (C=O) groups is 2. The molecule has 12 heteroatoms. The van der Waals surface area contributed by atoms with Gasteiger partial charge in [0.15, 0.2) is 0 Å². The lowest BCUT2D eigenvalue weighted by molar-refractivity contribution is -0.137. The number of aromatic nitrogens is 4. The topological polar surface area (TPSA) is 87.1 Å². The fraction of sp³-hybridized carbons (Fsp3) is 0.375. The van der Waals surface area contributed by atoms with Crippen molar-refractivity contribution in [3.8, 4) is 11.3 Å². The van der Waals surface area contributed by atoms with E-state index in [9.17, 15) is 22.8 Å². The van der Waals surface area contributed by atoms with Gasteiger partial charge in [-0.25, -0.2) is 9.67 Å². The molecular weight excluding hydrogens is 593 g/mol. The highest BCUT2D eigenvalue weighted by molar-refractivity contribution is 6.31. The Hall–Kier alpha value is -4.12. The van der Waals surface area contributed by atoms with Crippen LogP contribution in [-0.2, 0) is 17.4 Å². The predicted molar refractivity (Wildman–Crippen MR) is 161 cm³/mol. The number of hydrogen-bond donors (Lipinski definition) is 1. The molecule has 2 aromatic heterocycles. The van der Waals surface area contributed by atoms with Crippen LogP contribution in [0.4, 0.5) is 24.7 Å². The number of H-pyrrole nitrogens is 1. The number of imidazole rings is 1. The van der Waals surface area contributed by atoms with Crippen molar-refractivity contribution >= 4 is 34.9 Å². The lowest BCUT2D eigenvalue weighted by Crippen LogP contribution is -2.56. The van der Waals surface area contributed by atoms with E-state index in [0.717, 1.165) is 34.6 Å². The van der Waals surface area contributed by atoms with E-state index >= 15 is 0 Å². The van der Waals surface area contributed by atoms with Crippen LogP contribution < -0.4 is 4.90 Å². The Kier molecular flexibility index (Phi) is 7.55. The summed E-state index contributed by atoms with van der Waals surface area (Å²) in [5, 5.41) is 4.26. The number of likely N-dealkylation sites (tertiary alicyclic amines) is 1. The van der Waals surface area contributed by atoms with Crippen molar-refractivity contribution < 1.29 is 22.8 Å². The second kappa shape index (κ2) is 11.1. The zero-order valence-corrected chi connectivity index (χ0v) is 25.4. The fourth-order valence-corrected chi connectivity index (χ4v) is 6.62. The average Bonchev–Trinajstić information content (AvgIpc) is 3.58. The minimum absolute atomic E-state index is 0.0958. The molecule has 1 saturated heterocycles. The van der Waals surface area contributed by atoms with Crippen molar-refractivity contribution in [3.05, 3.63) is 82.4 Å². The lowest BCUT2D eigenvalue weighted by Gasteiger charge is -2.47. The summed E-state index contributed by atoms with van der Waals surface area (Å²) in [6.45, 7) is 8.07. The van der Waals surface area contributed by atoms with Crippen LogP contribution in [0.5, 0.6) is 0 Å². The van der Waals surface area contributed by atoms with Gasteiger partial charge in [-0.15, -0.1) is 0 Å². The van der Waals surface area contributed by atoms with Gasteiger partial charge in [0, 0.05) is 35.0 Å². The SMILES string of the molecule is Cc1[nH]cnc1-c1ccc(N2C(=O)C3C[C@@H](C)N(C(=O)c4ccc(Cl)c(C(F)(F)F)c4)CC3n3ncc(CC(C)C)c32)cc1. The summed E-state index contributed by atoms with van der Waals surface area (Å²) in [7, 11) is 0.